The van der Waals surface area contributed by atoms with Gasteiger partial charge in [0.05, 0.1) is 35.5 Å². The van der Waals surface area contributed by atoms with Crippen molar-refractivity contribution in [2.75, 3.05) is 23.9 Å². The number of nitrogens with one attached hydrogen (secondary N) is 1. The average molecular weight is 498 g/mol. The lowest BCUT2D eigenvalue weighted by atomic mass is 10.1. The molecule has 0 spiro atoms. The number of carbonyl (C=O) groups is 3. The normalized spacial score (nSPS) is 15.3. The first-order chi connectivity index (χ1) is 17.8. The van der Waals surface area contributed by atoms with Crippen LogP contribution in [0.1, 0.15) is 33.6 Å². The van der Waals surface area contributed by atoms with E-state index < -0.39 is 11.9 Å². The number of para-hydroxylation sites is 2. The van der Waals surface area contributed by atoms with E-state index in [1.54, 1.807) is 35.0 Å². The van der Waals surface area contributed by atoms with Gasteiger partial charge >= 0.3 is 5.97 Å². The highest BCUT2D eigenvalue weighted by Gasteiger charge is 2.37. The van der Waals surface area contributed by atoms with Crippen LogP contribution in [0.15, 0.2) is 54.6 Å². The zero-order valence-electron chi connectivity index (χ0n) is 21.1. The number of aromatic nitrogens is 3. The highest BCUT2D eigenvalue weighted by Crippen LogP contribution is 2.30. The summed E-state index contributed by atoms with van der Waals surface area (Å²) >= 11 is 0. The van der Waals surface area contributed by atoms with E-state index >= 15 is 0 Å². The molecule has 2 aromatic heterocycles. The smallest absolute Gasteiger partial charge is 0.339 e. The zero-order valence-corrected chi connectivity index (χ0v) is 21.1. The molecule has 1 atom stereocenters. The summed E-state index contributed by atoms with van der Waals surface area (Å²) in [5, 5.41) is 8.58. The summed E-state index contributed by atoms with van der Waals surface area (Å²) < 4.78 is 6.47. The van der Waals surface area contributed by atoms with E-state index in [2.05, 4.69) is 10.4 Å². The van der Waals surface area contributed by atoms with E-state index in [0.717, 1.165) is 27.7 Å². The maximum absolute atomic E-state index is 13.3. The van der Waals surface area contributed by atoms with E-state index in [1.165, 1.54) is 12.0 Å². The van der Waals surface area contributed by atoms with Crippen LogP contribution in [-0.4, -0.2) is 46.2 Å². The van der Waals surface area contributed by atoms with Crippen molar-refractivity contribution in [2.45, 2.75) is 27.2 Å². The molecule has 9 heteroatoms. The topological polar surface area (TPSA) is 106 Å². The summed E-state index contributed by atoms with van der Waals surface area (Å²) in [5.74, 6) is -0.605. The summed E-state index contributed by atoms with van der Waals surface area (Å²) in [6.07, 6.45) is 0.0288. The molecular weight excluding hydrogens is 470 g/mol. The molecule has 0 radical (unpaired) electrons. The van der Waals surface area contributed by atoms with Crippen LogP contribution in [0.25, 0.3) is 16.7 Å². The fourth-order valence-corrected chi connectivity index (χ4v) is 4.75. The summed E-state index contributed by atoms with van der Waals surface area (Å²) in [5.41, 5.74) is 4.41. The first-order valence-corrected chi connectivity index (χ1v) is 12.0. The van der Waals surface area contributed by atoms with Crippen LogP contribution in [0.2, 0.25) is 0 Å². The van der Waals surface area contributed by atoms with Crippen molar-refractivity contribution in [3.05, 3.63) is 77.0 Å². The Morgan fingerprint density at radius 1 is 1.03 bits per heavy atom. The molecule has 0 saturated carbocycles. The van der Waals surface area contributed by atoms with Crippen LogP contribution in [0.4, 0.5) is 11.5 Å². The Kier molecular flexibility index (Phi) is 6.20. The number of hydrogen-bond acceptors (Lipinski definition) is 6. The molecule has 2 aromatic carbocycles. The third-order valence-corrected chi connectivity index (χ3v) is 6.63. The largest absolute Gasteiger partial charge is 0.465 e. The molecule has 4 aromatic rings. The van der Waals surface area contributed by atoms with E-state index in [9.17, 15) is 14.4 Å². The van der Waals surface area contributed by atoms with Gasteiger partial charge in [-0.3, -0.25) is 9.59 Å². The van der Waals surface area contributed by atoms with Gasteiger partial charge in [0.2, 0.25) is 11.8 Å². The molecule has 1 aliphatic rings. The number of amides is 2. The second-order valence-electron chi connectivity index (χ2n) is 9.25. The standard InChI is InChI=1S/C28H27N5O4/c1-16-8-7-10-20-17(2)12-23(29-26(16)20)33-24(13-18(3)31-33)30-27(35)19-14-25(34)32(15-19)22-11-6-5-9-21(22)28(36)37-4/h5-13,19H,14-15H2,1-4H3,(H,30,35). The van der Waals surface area contributed by atoms with Gasteiger partial charge in [0.1, 0.15) is 5.82 Å². The molecule has 2 amide bonds. The highest BCUT2D eigenvalue weighted by molar-refractivity contribution is 6.07. The maximum atomic E-state index is 13.3. The molecule has 5 rings (SSSR count). The minimum absolute atomic E-state index is 0.0288. The number of benzene rings is 2. The molecule has 188 valence electrons. The molecule has 37 heavy (non-hydrogen) atoms. The van der Waals surface area contributed by atoms with Crippen molar-refractivity contribution in [1.29, 1.82) is 0 Å². The number of esters is 1. The third-order valence-electron chi connectivity index (χ3n) is 6.63. The number of anilines is 2. The Morgan fingerprint density at radius 3 is 2.59 bits per heavy atom. The van der Waals surface area contributed by atoms with Crippen molar-refractivity contribution in [2.24, 2.45) is 5.92 Å². The Morgan fingerprint density at radius 2 is 1.81 bits per heavy atom. The highest BCUT2D eigenvalue weighted by atomic mass is 16.5. The second kappa shape index (κ2) is 9.50. The molecule has 3 heterocycles. The van der Waals surface area contributed by atoms with Gasteiger partial charge in [-0.25, -0.2) is 9.78 Å². The van der Waals surface area contributed by atoms with E-state index in [-0.39, 0.29) is 30.3 Å². The van der Waals surface area contributed by atoms with Crippen molar-refractivity contribution >= 4 is 40.2 Å². The monoisotopic (exact) mass is 497 g/mol. The quantitative estimate of drug-likeness (QED) is 0.416. The first kappa shape index (κ1) is 24.2. The van der Waals surface area contributed by atoms with Crippen molar-refractivity contribution in [3.8, 4) is 5.82 Å². The lowest BCUT2D eigenvalue weighted by Crippen LogP contribution is -2.29. The van der Waals surface area contributed by atoms with Crippen LogP contribution in [0.5, 0.6) is 0 Å². The number of hydrogen-bond donors (Lipinski definition) is 1. The molecule has 1 unspecified atom stereocenters. The van der Waals surface area contributed by atoms with Crippen molar-refractivity contribution in [3.63, 3.8) is 0 Å². The molecule has 1 fully saturated rings. The van der Waals surface area contributed by atoms with Crippen LogP contribution < -0.4 is 10.2 Å². The molecule has 1 N–H and O–H groups in total. The first-order valence-electron chi connectivity index (χ1n) is 12.0. The van der Waals surface area contributed by atoms with E-state index in [0.29, 0.717) is 17.3 Å². The minimum Gasteiger partial charge on any atom is -0.465 e. The number of pyridine rings is 1. The lowest BCUT2D eigenvalue weighted by Gasteiger charge is -2.19. The van der Waals surface area contributed by atoms with Gasteiger partial charge in [0, 0.05) is 24.4 Å². The molecule has 1 saturated heterocycles. The van der Waals surface area contributed by atoms with Crippen LogP contribution >= 0.6 is 0 Å². The Bertz CT molecular complexity index is 1560. The summed E-state index contributed by atoms with van der Waals surface area (Å²) in [6, 6.07) is 16.5. The lowest BCUT2D eigenvalue weighted by molar-refractivity contribution is -0.122. The number of rotatable bonds is 5. The fraction of sp³-hybridized carbons (Fsp3) is 0.250. The molecule has 9 nitrogen and oxygen atoms in total. The Hall–Kier alpha value is -4.53. The van der Waals surface area contributed by atoms with Crippen molar-refractivity contribution < 1.29 is 19.1 Å². The minimum atomic E-state index is -0.601. The fourth-order valence-electron chi connectivity index (χ4n) is 4.75. The maximum Gasteiger partial charge on any atom is 0.339 e. The Balaban J connectivity index is 1.41. The molecule has 0 aliphatic carbocycles. The Labute approximate surface area is 214 Å². The van der Waals surface area contributed by atoms with Gasteiger partial charge < -0.3 is 15.0 Å². The van der Waals surface area contributed by atoms with Gasteiger partial charge in [-0.2, -0.15) is 9.78 Å². The van der Waals surface area contributed by atoms with Gasteiger partial charge in [-0.05, 0) is 50.1 Å². The molecular formula is C28H27N5O4. The number of nitrogens with zero attached hydrogens (tertiary/aromatic N) is 4. The molecule has 1 aliphatic heterocycles. The van der Waals surface area contributed by atoms with Gasteiger partial charge in [-0.15, -0.1) is 0 Å². The van der Waals surface area contributed by atoms with Crippen molar-refractivity contribution in [1.82, 2.24) is 14.8 Å². The summed E-state index contributed by atoms with van der Waals surface area (Å²) in [7, 11) is 1.29. The predicted octanol–water partition coefficient (Wildman–Crippen LogP) is 4.12. The van der Waals surface area contributed by atoms with Crippen LogP contribution in [0, 0.1) is 26.7 Å². The van der Waals surface area contributed by atoms with Gasteiger partial charge in [-0.1, -0.05) is 30.3 Å². The number of fused-ring (bicyclic) bond motifs is 1. The second-order valence-corrected chi connectivity index (χ2v) is 9.25. The van der Waals surface area contributed by atoms with E-state index in [4.69, 9.17) is 9.72 Å². The van der Waals surface area contributed by atoms with Crippen LogP contribution in [0.3, 0.4) is 0 Å². The molecule has 0 bridgehead atoms. The average Bonchev–Trinajstić information content (AvgIpc) is 3.46. The number of carbonyl (C=O) groups excluding carboxylic acids is 3. The number of aryl methyl sites for hydroxylation is 3. The number of methoxy groups -OCH3 is 1. The van der Waals surface area contributed by atoms with Crippen LogP contribution in [-0.2, 0) is 14.3 Å². The zero-order chi connectivity index (χ0) is 26.3. The summed E-state index contributed by atoms with van der Waals surface area (Å²) in [4.78, 5) is 44.6. The van der Waals surface area contributed by atoms with E-state index in [1.807, 2.05) is 45.0 Å². The predicted molar refractivity (Wildman–Crippen MR) is 140 cm³/mol. The van der Waals surface area contributed by atoms with Gasteiger partial charge in [0.15, 0.2) is 5.82 Å². The SMILES string of the molecule is COC(=O)c1ccccc1N1CC(C(=O)Nc2cc(C)nn2-c2cc(C)c3cccc(C)c3n2)CC1=O. The third kappa shape index (κ3) is 4.44. The number of ether oxygens (including phenoxy) is 1. The summed E-state index contributed by atoms with van der Waals surface area (Å²) in [6.45, 7) is 6.03. The van der Waals surface area contributed by atoms with Gasteiger partial charge in [0.25, 0.3) is 0 Å².